The van der Waals surface area contributed by atoms with Gasteiger partial charge >= 0.3 is 0 Å². The minimum absolute atomic E-state index is 0.0163. The van der Waals surface area contributed by atoms with Crippen molar-refractivity contribution in [3.05, 3.63) is 46.2 Å². The first-order chi connectivity index (χ1) is 10.5. The van der Waals surface area contributed by atoms with Crippen LogP contribution in [-0.4, -0.2) is 21.7 Å². The fourth-order valence-corrected chi connectivity index (χ4v) is 2.75. The van der Waals surface area contributed by atoms with Crippen molar-refractivity contribution >= 4 is 17.5 Å². The van der Waals surface area contributed by atoms with E-state index >= 15 is 0 Å². The van der Waals surface area contributed by atoms with Crippen LogP contribution in [0, 0.1) is 19.8 Å². The second kappa shape index (κ2) is 5.76. The van der Waals surface area contributed by atoms with E-state index in [1.165, 1.54) is 12.8 Å². The summed E-state index contributed by atoms with van der Waals surface area (Å²) in [6.07, 6.45) is 2.44. The third-order valence-corrected chi connectivity index (χ3v) is 4.81. The van der Waals surface area contributed by atoms with Gasteiger partial charge in [-0.05, 0) is 63.8 Å². The van der Waals surface area contributed by atoms with Crippen LogP contribution in [0.3, 0.4) is 0 Å². The Labute approximate surface area is 135 Å². The Morgan fingerprint density at radius 2 is 1.95 bits per heavy atom. The molecule has 5 heteroatoms. The van der Waals surface area contributed by atoms with Gasteiger partial charge in [0.1, 0.15) is 0 Å². The average molecular weight is 318 g/mol. The third kappa shape index (κ3) is 2.88. The first-order valence-corrected chi connectivity index (χ1v) is 7.98. The largest absolute Gasteiger partial charge is 0.349 e. The molecule has 1 heterocycles. The van der Waals surface area contributed by atoms with Crippen molar-refractivity contribution in [2.24, 2.45) is 5.92 Å². The lowest BCUT2D eigenvalue weighted by Gasteiger charge is -2.13. The van der Waals surface area contributed by atoms with E-state index in [2.05, 4.69) is 17.3 Å². The maximum absolute atomic E-state index is 12.2. The maximum Gasteiger partial charge on any atom is 0.251 e. The molecule has 1 aromatic carbocycles. The van der Waals surface area contributed by atoms with Crippen LogP contribution in [0.5, 0.6) is 0 Å². The number of aromatic nitrogens is 2. The lowest BCUT2D eigenvalue weighted by molar-refractivity contribution is 0.0936. The predicted molar refractivity (Wildman–Crippen MR) is 87.7 cm³/mol. The van der Waals surface area contributed by atoms with Gasteiger partial charge in [0, 0.05) is 11.6 Å². The van der Waals surface area contributed by atoms with Crippen LogP contribution in [0.15, 0.2) is 24.3 Å². The molecule has 0 saturated heterocycles. The summed E-state index contributed by atoms with van der Waals surface area (Å²) in [7, 11) is 0. The molecule has 2 aromatic rings. The number of carbonyl (C=O) groups is 1. The molecule has 0 aliphatic heterocycles. The fraction of sp³-hybridized carbons (Fsp3) is 0.412. The lowest BCUT2D eigenvalue weighted by atomic mass is 10.1. The van der Waals surface area contributed by atoms with Gasteiger partial charge in [0.2, 0.25) is 0 Å². The van der Waals surface area contributed by atoms with E-state index in [1.807, 2.05) is 38.1 Å². The van der Waals surface area contributed by atoms with Gasteiger partial charge in [0.15, 0.2) is 0 Å². The summed E-state index contributed by atoms with van der Waals surface area (Å²) in [5.74, 6) is 0.636. The van der Waals surface area contributed by atoms with E-state index in [9.17, 15) is 4.79 Å². The molecule has 1 fully saturated rings. The van der Waals surface area contributed by atoms with Crippen LogP contribution in [0.4, 0.5) is 0 Å². The predicted octanol–water partition coefficient (Wildman–Crippen LogP) is 3.67. The van der Waals surface area contributed by atoms with Gasteiger partial charge in [-0.1, -0.05) is 11.6 Å². The molecule has 116 valence electrons. The number of nitrogens with zero attached hydrogens (tertiary/aromatic N) is 2. The van der Waals surface area contributed by atoms with E-state index in [4.69, 9.17) is 11.6 Å². The van der Waals surface area contributed by atoms with Crippen LogP contribution in [0.2, 0.25) is 5.02 Å². The Hall–Kier alpha value is -1.81. The van der Waals surface area contributed by atoms with E-state index in [1.54, 1.807) is 4.68 Å². The highest BCUT2D eigenvalue weighted by Gasteiger charge is 2.29. The first kappa shape index (κ1) is 15.1. The molecule has 1 unspecified atom stereocenters. The summed E-state index contributed by atoms with van der Waals surface area (Å²) in [6.45, 7) is 5.88. The normalized spacial score (nSPS) is 15.6. The van der Waals surface area contributed by atoms with Crippen molar-refractivity contribution in [2.45, 2.75) is 39.7 Å². The molecule has 1 amide bonds. The second-order valence-electron chi connectivity index (χ2n) is 6.04. The molecule has 1 N–H and O–H groups in total. The molecule has 0 bridgehead atoms. The second-order valence-corrected chi connectivity index (χ2v) is 6.42. The zero-order valence-corrected chi connectivity index (χ0v) is 13.8. The molecule has 1 saturated carbocycles. The number of halogens is 1. The molecule has 0 spiro atoms. The van der Waals surface area contributed by atoms with E-state index in [0.717, 1.165) is 17.1 Å². The Kier molecular flexibility index (Phi) is 3.96. The standard InChI is InChI=1S/C17H20ClN3O/c1-10(13-4-5-13)19-17(22)14-6-8-15(9-7-14)21-12(3)16(18)11(2)20-21/h6-10,13H,4-5H2,1-3H3,(H,19,22). The third-order valence-electron chi connectivity index (χ3n) is 4.26. The fourth-order valence-electron chi connectivity index (χ4n) is 2.63. The van der Waals surface area contributed by atoms with Crippen LogP contribution in [0.25, 0.3) is 5.69 Å². The first-order valence-electron chi connectivity index (χ1n) is 7.60. The molecule has 3 rings (SSSR count). The average Bonchev–Trinajstić information content (AvgIpc) is 3.32. The van der Waals surface area contributed by atoms with Gasteiger partial charge in [-0.3, -0.25) is 4.79 Å². The summed E-state index contributed by atoms with van der Waals surface area (Å²) in [6, 6.07) is 7.70. The summed E-state index contributed by atoms with van der Waals surface area (Å²) in [5.41, 5.74) is 3.28. The number of aryl methyl sites for hydroxylation is 1. The Balaban J connectivity index is 1.77. The van der Waals surface area contributed by atoms with Crippen molar-refractivity contribution in [1.29, 1.82) is 0 Å². The SMILES string of the molecule is Cc1nn(-c2ccc(C(=O)NC(C)C3CC3)cc2)c(C)c1Cl. The van der Waals surface area contributed by atoms with Crippen LogP contribution in [-0.2, 0) is 0 Å². The lowest BCUT2D eigenvalue weighted by Crippen LogP contribution is -2.33. The van der Waals surface area contributed by atoms with E-state index in [-0.39, 0.29) is 11.9 Å². The highest BCUT2D eigenvalue weighted by Crippen LogP contribution is 2.32. The Morgan fingerprint density at radius 3 is 2.45 bits per heavy atom. The molecule has 1 atom stereocenters. The molecular formula is C17H20ClN3O. The zero-order chi connectivity index (χ0) is 15.9. The van der Waals surface area contributed by atoms with Crippen LogP contribution < -0.4 is 5.32 Å². The van der Waals surface area contributed by atoms with E-state index < -0.39 is 0 Å². The number of amides is 1. The van der Waals surface area contributed by atoms with Gasteiger partial charge in [-0.25, -0.2) is 4.68 Å². The van der Waals surface area contributed by atoms with Crippen LogP contribution in [0.1, 0.15) is 41.5 Å². The smallest absolute Gasteiger partial charge is 0.251 e. The highest BCUT2D eigenvalue weighted by molar-refractivity contribution is 6.31. The topological polar surface area (TPSA) is 46.9 Å². The van der Waals surface area contributed by atoms with Crippen molar-refractivity contribution in [3.8, 4) is 5.69 Å². The zero-order valence-electron chi connectivity index (χ0n) is 13.1. The summed E-state index contributed by atoms with van der Waals surface area (Å²) in [5, 5.41) is 8.16. The van der Waals surface area contributed by atoms with Crippen molar-refractivity contribution in [2.75, 3.05) is 0 Å². The Bertz CT molecular complexity index is 701. The van der Waals surface area contributed by atoms with Gasteiger partial charge in [-0.15, -0.1) is 0 Å². The summed E-state index contributed by atoms with van der Waals surface area (Å²) in [4.78, 5) is 12.2. The van der Waals surface area contributed by atoms with Gasteiger partial charge < -0.3 is 5.32 Å². The number of hydrogen-bond donors (Lipinski definition) is 1. The number of nitrogens with one attached hydrogen (secondary N) is 1. The number of hydrogen-bond acceptors (Lipinski definition) is 2. The molecule has 1 aliphatic rings. The van der Waals surface area contributed by atoms with Crippen molar-refractivity contribution in [3.63, 3.8) is 0 Å². The Morgan fingerprint density at radius 1 is 1.32 bits per heavy atom. The molecule has 0 radical (unpaired) electrons. The molecule has 1 aromatic heterocycles. The molecule has 1 aliphatic carbocycles. The molecule has 4 nitrogen and oxygen atoms in total. The number of rotatable bonds is 4. The van der Waals surface area contributed by atoms with Gasteiger partial charge in [0.05, 0.1) is 22.1 Å². The molecular weight excluding hydrogens is 298 g/mol. The minimum atomic E-state index is -0.0163. The number of benzene rings is 1. The summed E-state index contributed by atoms with van der Waals surface area (Å²) < 4.78 is 1.80. The number of carbonyl (C=O) groups excluding carboxylic acids is 1. The summed E-state index contributed by atoms with van der Waals surface area (Å²) >= 11 is 6.18. The van der Waals surface area contributed by atoms with Crippen LogP contribution >= 0.6 is 11.6 Å². The molecule has 22 heavy (non-hydrogen) atoms. The minimum Gasteiger partial charge on any atom is -0.349 e. The monoisotopic (exact) mass is 317 g/mol. The van der Waals surface area contributed by atoms with Crippen molar-refractivity contribution in [1.82, 2.24) is 15.1 Å². The van der Waals surface area contributed by atoms with Crippen molar-refractivity contribution < 1.29 is 4.79 Å². The highest BCUT2D eigenvalue weighted by atomic mass is 35.5. The maximum atomic E-state index is 12.2. The quantitative estimate of drug-likeness (QED) is 0.935. The van der Waals surface area contributed by atoms with E-state index in [0.29, 0.717) is 16.5 Å². The van der Waals surface area contributed by atoms with Gasteiger partial charge in [-0.2, -0.15) is 5.10 Å². The van der Waals surface area contributed by atoms with Gasteiger partial charge in [0.25, 0.3) is 5.91 Å².